The second kappa shape index (κ2) is 24.3. The van der Waals surface area contributed by atoms with Gasteiger partial charge in [-0.25, -0.2) is 0 Å². The van der Waals surface area contributed by atoms with Crippen LogP contribution in [0.15, 0.2) is 309 Å². The lowest BCUT2D eigenvalue weighted by Crippen LogP contribution is -2.12. The maximum atomic E-state index is 14.5. The fourth-order valence-electron chi connectivity index (χ4n) is 11.0. The molecule has 0 radical (unpaired) electrons. The Bertz CT molecular complexity index is 3780. The Kier molecular flexibility index (Phi) is 15.4. The fraction of sp³-hybridized carbons (Fsp3) is 0. The predicted octanol–water partition coefficient (Wildman–Crippen LogP) is 17.5. The molecule has 0 amide bonds. The first-order valence-electron chi connectivity index (χ1n) is 27.8. The van der Waals surface area contributed by atoms with Crippen molar-refractivity contribution in [3.63, 3.8) is 0 Å². The third-order valence-electron chi connectivity index (χ3n) is 15.1. The number of hydrogen-bond donors (Lipinski definition) is 0. The van der Waals surface area contributed by atoms with Crippen molar-refractivity contribution in [2.24, 2.45) is 0 Å². The van der Waals surface area contributed by atoms with E-state index < -0.39 is 0 Å². The number of ketones is 6. The van der Waals surface area contributed by atoms with E-state index in [9.17, 15) is 28.8 Å². The van der Waals surface area contributed by atoms with Crippen LogP contribution in [0, 0.1) is 0 Å². The van der Waals surface area contributed by atoms with E-state index >= 15 is 0 Å². The van der Waals surface area contributed by atoms with Gasteiger partial charge in [0, 0.05) is 101 Å². The van der Waals surface area contributed by atoms with Crippen LogP contribution < -0.4 is 4.90 Å². The van der Waals surface area contributed by atoms with E-state index in [0.29, 0.717) is 117 Å². The molecule has 0 saturated carbocycles. The van der Waals surface area contributed by atoms with Crippen LogP contribution in [0.1, 0.15) is 95.5 Å². The van der Waals surface area contributed by atoms with Crippen LogP contribution in [0.25, 0.3) is 33.4 Å². The summed E-state index contributed by atoms with van der Waals surface area (Å²) in [7, 11) is 0. The van der Waals surface area contributed by atoms with Gasteiger partial charge < -0.3 is 4.90 Å². The lowest BCUT2D eigenvalue weighted by atomic mass is 9.86. The van der Waals surface area contributed by atoms with Gasteiger partial charge in [0.1, 0.15) is 0 Å². The maximum absolute atomic E-state index is 14.5. The predicted molar refractivity (Wildman–Crippen MR) is 337 cm³/mol. The molecular formula is C78H51NO6. The van der Waals surface area contributed by atoms with Gasteiger partial charge in [-0.05, 0) is 53.1 Å². The van der Waals surface area contributed by atoms with Crippen LogP contribution in [0.5, 0.6) is 0 Å². The van der Waals surface area contributed by atoms with E-state index in [4.69, 9.17) is 0 Å². The number of hydrogen-bond acceptors (Lipinski definition) is 7. The van der Waals surface area contributed by atoms with Gasteiger partial charge in [-0.2, -0.15) is 0 Å². The zero-order valence-corrected chi connectivity index (χ0v) is 45.8. The summed E-state index contributed by atoms with van der Waals surface area (Å²) >= 11 is 0. The lowest BCUT2D eigenvalue weighted by Gasteiger charge is -2.27. The van der Waals surface area contributed by atoms with Crippen molar-refractivity contribution >= 4 is 51.8 Å². The minimum absolute atomic E-state index is 0.231. The minimum Gasteiger partial charge on any atom is -0.311 e. The number of rotatable bonds is 18. The molecule has 12 aromatic rings. The maximum Gasteiger partial charge on any atom is 0.193 e. The molecule has 0 aromatic heterocycles. The summed E-state index contributed by atoms with van der Waals surface area (Å²) in [4.78, 5) is 89.0. The standard InChI is InChI=1S/C78H51NO6/c80-73(55-22-7-1-8-23-55)64-34-19-35-65(74(81)56-24-9-2-10-25-56)70(64)52-40-46-61(47-41-52)79(62-48-42-53(43-49-62)71-66(75(82)57-26-11-3-12-27-57)36-20-37-67(71)76(83)58-28-13-4-14-29-58)63-50-44-54(45-51-63)72-68(77(84)59-30-15-5-16-31-59)38-21-39-69(72)78(85)60-32-17-6-18-33-60/h1-51H. The normalized spacial score (nSPS) is 10.9. The Balaban J connectivity index is 1.01. The van der Waals surface area contributed by atoms with Gasteiger partial charge in [0.2, 0.25) is 0 Å². The fourth-order valence-corrected chi connectivity index (χ4v) is 11.0. The van der Waals surface area contributed by atoms with Crippen LogP contribution in [0.4, 0.5) is 17.1 Å². The molecule has 0 aliphatic heterocycles. The topological polar surface area (TPSA) is 106 Å². The second-order valence-corrected chi connectivity index (χ2v) is 20.3. The van der Waals surface area contributed by atoms with Crippen molar-refractivity contribution in [1.29, 1.82) is 0 Å². The molecular weight excluding hydrogens is 1050 g/mol. The first-order valence-corrected chi connectivity index (χ1v) is 27.8. The summed E-state index contributed by atoms with van der Waals surface area (Å²) in [6.45, 7) is 0. The van der Waals surface area contributed by atoms with E-state index in [1.54, 1.807) is 127 Å². The molecule has 85 heavy (non-hydrogen) atoms. The summed E-state index contributed by atoms with van der Waals surface area (Å²) in [6, 6.07) is 92.8. The zero-order chi connectivity index (χ0) is 58.2. The summed E-state index contributed by atoms with van der Waals surface area (Å²) in [6.07, 6.45) is 0. The highest BCUT2D eigenvalue weighted by Crippen LogP contribution is 2.42. The molecule has 7 nitrogen and oxygen atoms in total. The minimum atomic E-state index is -0.231. The molecule has 0 heterocycles. The number of benzene rings is 12. The van der Waals surface area contributed by atoms with E-state index in [-0.39, 0.29) is 34.7 Å². The van der Waals surface area contributed by atoms with Gasteiger partial charge in [0.25, 0.3) is 0 Å². The lowest BCUT2D eigenvalue weighted by molar-refractivity contribution is 0.102. The Morgan fingerprint density at radius 3 is 0.506 bits per heavy atom. The molecule has 7 heteroatoms. The van der Waals surface area contributed by atoms with E-state index in [1.165, 1.54) is 0 Å². The van der Waals surface area contributed by atoms with Crippen LogP contribution in [-0.4, -0.2) is 34.7 Å². The summed E-state index contributed by atoms with van der Waals surface area (Å²) < 4.78 is 0. The van der Waals surface area contributed by atoms with Crippen LogP contribution >= 0.6 is 0 Å². The molecule has 0 aliphatic carbocycles. The highest BCUT2D eigenvalue weighted by Gasteiger charge is 2.27. The number of carbonyl (C=O) groups excluding carboxylic acids is 6. The van der Waals surface area contributed by atoms with Crippen LogP contribution in [-0.2, 0) is 0 Å². The van der Waals surface area contributed by atoms with Crippen molar-refractivity contribution in [2.75, 3.05) is 4.90 Å². The Morgan fingerprint density at radius 2 is 0.341 bits per heavy atom. The average molecular weight is 1100 g/mol. The van der Waals surface area contributed by atoms with Gasteiger partial charge in [-0.15, -0.1) is 0 Å². The van der Waals surface area contributed by atoms with Crippen molar-refractivity contribution in [2.45, 2.75) is 0 Å². The van der Waals surface area contributed by atoms with Gasteiger partial charge in [0.05, 0.1) is 0 Å². The Hall–Kier alpha value is -11.5. The SMILES string of the molecule is O=C(c1ccccc1)c1cccc(C(=O)c2ccccc2)c1-c1ccc(N(c2ccc(-c3c(C(=O)c4ccccc4)cccc3C(=O)c3ccccc3)cc2)c2ccc(-c3c(C(=O)c4ccccc4)cccc3C(=O)c3ccccc3)cc2)cc1. The quantitative estimate of drug-likeness (QED) is 0.0788. The molecule has 0 saturated heterocycles. The van der Waals surface area contributed by atoms with Crippen molar-refractivity contribution in [3.05, 3.63) is 376 Å². The molecule has 404 valence electrons. The molecule has 0 aliphatic rings. The van der Waals surface area contributed by atoms with Crippen molar-refractivity contribution in [3.8, 4) is 33.4 Å². The van der Waals surface area contributed by atoms with Crippen LogP contribution in [0.3, 0.4) is 0 Å². The van der Waals surface area contributed by atoms with E-state index in [2.05, 4.69) is 0 Å². The highest BCUT2D eigenvalue weighted by atomic mass is 16.1. The number of carbonyl (C=O) groups is 6. The second-order valence-electron chi connectivity index (χ2n) is 20.3. The van der Waals surface area contributed by atoms with Gasteiger partial charge in [-0.3, -0.25) is 28.8 Å². The molecule has 0 atom stereocenters. The van der Waals surface area contributed by atoms with E-state index in [1.807, 2.05) is 187 Å². The summed E-state index contributed by atoms with van der Waals surface area (Å²) in [5, 5.41) is 0. The van der Waals surface area contributed by atoms with Gasteiger partial charge >= 0.3 is 0 Å². The summed E-state index contributed by atoms with van der Waals surface area (Å²) in [5.74, 6) is -1.39. The highest BCUT2D eigenvalue weighted by molar-refractivity contribution is 6.22. The smallest absolute Gasteiger partial charge is 0.193 e. The van der Waals surface area contributed by atoms with Crippen LogP contribution in [0.2, 0.25) is 0 Å². The van der Waals surface area contributed by atoms with Gasteiger partial charge in [0.15, 0.2) is 34.7 Å². The molecule has 0 fully saturated rings. The third kappa shape index (κ3) is 11.0. The Morgan fingerprint density at radius 1 is 0.176 bits per heavy atom. The number of anilines is 3. The third-order valence-corrected chi connectivity index (χ3v) is 15.1. The first-order chi connectivity index (χ1) is 41.7. The van der Waals surface area contributed by atoms with Gasteiger partial charge in [-0.1, -0.05) is 273 Å². The zero-order valence-electron chi connectivity index (χ0n) is 45.8. The number of nitrogens with zero attached hydrogens (tertiary/aromatic N) is 1. The molecule has 12 rings (SSSR count). The van der Waals surface area contributed by atoms with Crippen molar-refractivity contribution in [1.82, 2.24) is 0 Å². The Labute approximate surface area is 492 Å². The largest absolute Gasteiger partial charge is 0.311 e. The molecule has 12 aromatic carbocycles. The molecule has 0 spiro atoms. The molecule has 0 bridgehead atoms. The monoisotopic (exact) mass is 1100 g/mol. The van der Waals surface area contributed by atoms with E-state index in [0.717, 1.165) is 0 Å². The average Bonchev–Trinajstić information content (AvgIpc) is 3.24. The molecule has 0 N–H and O–H groups in total. The first kappa shape index (κ1) is 54.1. The van der Waals surface area contributed by atoms with Crippen molar-refractivity contribution < 1.29 is 28.8 Å². The summed E-state index contributed by atoms with van der Waals surface area (Å²) in [5.41, 5.74) is 10.6. The molecule has 0 unspecified atom stereocenters.